The summed E-state index contributed by atoms with van der Waals surface area (Å²) in [5.74, 6) is 0. The van der Waals surface area contributed by atoms with Gasteiger partial charge in [-0.3, -0.25) is 0 Å². The lowest BCUT2D eigenvalue weighted by Gasteiger charge is -1.96. The number of alkyl halides is 1. The maximum Gasteiger partial charge on any atom is 0.0649 e. The molecular formula is C10H8BrClS2. The second-order valence-electron chi connectivity index (χ2n) is 2.85. The van der Waals surface area contributed by atoms with Gasteiger partial charge in [-0.1, -0.05) is 27.5 Å². The lowest BCUT2D eigenvalue weighted by Crippen LogP contribution is -1.75. The highest BCUT2D eigenvalue weighted by atomic mass is 79.9. The Balaban J connectivity index is 2.74. The normalized spacial score (nSPS) is 11.1. The zero-order chi connectivity index (χ0) is 10.1. The average molecular weight is 308 g/mol. The monoisotopic (exact) mass is 306 g/mol. The van der Waals surface area contributed by atoms with E-state index in [1.807, 2.05) is 23.5 Å². The molecule has 4 heteroatoms. The van der Waals surface area contributed by atoms with Crippen LogP contribution >= 0.6 is 50.6 Å². The van der Waals surface area contributed by atoms with Gasteiger partial charge in [-0.05, 0) is 35.4 Å². The molecule has 0 aliphatic rings. The van der Waals surface area contributed by atoms with Crippen molar-refractivity contribution in [1.82, 2.24) is 0 Å². The molecule has 0 spiro atoms. The number of halogens is 2. The second-order valence-corrected chi connectivity index (χ2v) is 5.97. The summed E-state index contributed by atoms with van der Waals surface area (Å²) in [6, 6.07) is 6.08. The molecule has 0 bridgehead atoms. The summed E-state index contributed by atoms with van der Waals surface area (Å²) >= 11 is 13.1. The van der Waals surface area contributed by atoms with Gasteiger partial charge in [0, 0.05) is 15.1 Å². The summed E-state index contributed by atoms with van der Waals surface area (Å²) in [5.41, 5.74) is 1.36. The van der Waals surface area contributed by atoms with Gasteiger partial charge in [0.25, 0.3) is 0 Å². The third-order valence-corrected chi connectivity index (χ3v) is 5.21. The van der Waals surface area contributed by atoms with Crippen molar-refractivity contribution in [2.24, 2.45) is 0 Å². The van der Waals surface area contributed by atoms with E-state index in [-0.39, 0.29) is 0 Å². The first-order chi connectivity index (χ1) is 6.76. The van der Waals surface area contributed by atoms with Gasteiger partial charge in [-0.25, -0.2) is 0 Å². The Labute approximate surface area is 105 Å². The molecule has 14 heavy (non-hydrogen) atoms. The van der Waals surface area contributed by atoms with Crippen LogP contribution in [0.25, 0.3) is 10.1 Å². The Kier molecular flexibility index (Phi) is 3.42. The van der Waals surface area contributed by atoms with Gasteiger partial charge in [0.2, 0.25) is 0 Å². The van der Waals surface area contributed by atoms with E-state index in [0.29, 0.717) is 0 Å². The molecular weight excluding hydrogens is 300 g/mol. The largest absolute Gasteiger partial charge is 0.129 e. The highest BCUT2D eigenvalue weighted by Gasteiger charge is 2.10. The predicted octanol–water partition coefficient (Wildman–Crippen LogP) is 5.17. The van der Waals surface area contributed by atoms with Crippen molar-refractivity contribution in [3.8, 4) is 0 Å². The molecule has 0 aliphatic heterocycles. The van der Waals surface area contributed by atoms with Gasteiger partial charge in [0.1, 0.15) is 0 Å². The number of thioether (sulfide) groups is 1. The standard InChI is InChI=1S/C10H8BrClS2/c1-13-10-8(5-11)7-4-6(12)2-3-9(7)14-10/h2-4H,5H2,1H3. The van der Waals surface area contributed by atoms with Gasteiger partial charge in [0.15, 0.2) is 0 Å². The van der Waals surface area contributed by atoms with E-state index in [9.17, 15) is 0 Å². The van der Waals surface area contributed by atoms with Crippen LogP contribution in [0.15, 0.2) is 22.4 Å². The smallest absolute Gasteiger partial charge is 0.0649 e. The molecule has 74 valence electrons. The van der Waals surface area contributed by atoms with Crippen molar-refractivity contribution in [2.75, 3.05) is 6.26 Å². The second kappa shape index (κ2) is 4.44. The van der Waals surface area contributed by atoms with Crippen LogP contribution in [0, 0.1) is 0 Å². The van der Waals surface area contributed by atoms with Crippen LogP contribution in [-0.4, -0.2) is 6.26 Å². The number of rotatable bonds is 2. The molecule has 0 unspecified atom stereocenters. The van der Waals surface area contributed by atoms with Gasteiger partial charge in [-0.2, -0.15) is 0 Å². The molecule has 0 aliphatic carbocycles. The van der Waals surface area contributed by atoms with E-state index in [2.05, 4.69) is 28.3 Å². The summed E-state index contributed by atoms with van der Waals surface area (Å²) in [7, 11) is 0. The molecule has 0 saturated carbocycles. The lowest BCUT2D eigenvalue weighted by molar-refractivity contribution is 1.43. The topological polar surface area (TPSA) is 0 Å². The maximum absolute atomic E-state index is 5.98. The SMILES string of the molecule is CSc1sc2ccc(Cl)cc2c1CBr. The quantitative estimate of drug-likeness (QED) is 0.545. The van der Waals surface area contributed by atoms with Crippen molar-refractivity contribution in [1.29, 1.82) is 0 Å². The number of hydrogen-bond acceptors (Lipinski definition) is 2. The van der Waals surface area contributed by atoms with Crippen LogP contribution in [-0.2, 0) is 5.33 Å². The molecule has 0 amide bonds. The Morgan fingerprint density at radius 1 is 1.50 bits per heavy atom. The Morgan fingerprint density at radius 2 is 2.29 bits per heavy atom. The first kappa shape index (κ1) is 10.8. The molecule has 0 atom stereocenters. The summed E-state index contributed by atoms with van der Waals surface area (Å²) in [6.07, 6.45) is 2.11. The molecule has 1 heterocycles. The minimum absolute atomic E-state index is 0.810. The molecule has 0 nitrogen and oxygen atoms in total. The van der Waals surface area contributed by atoms with Crippen LogP contribution in [0.1, 0.15) is 5.56 Å². The van der Waals surface area contributed by atoms with Crippen molar-refractivity contribution >= 4 is 60.7 Å². The fourth-order valence-corrected chi connectivity index (χ4v) is 4.48. The van der Waals surface area contributed by atoms with Crippen molar-refractivity contribution in [3.63, 3.8) is 0 Å². The number of benzene rings is 1. The van der Waals surface area contributed by atoms with Crippen LogP contribution in [0.4, 0.5) is 0 Å². The highest BCUT2D eigenvalue weighted by Crippen LogP contribution is 2.39. The van der Waals surface area contributed by atoms with E-state index in [4.69, 9.17) is 11.6 Å². The van der Waals surface area contributed by atoms with E-state index >= 15 is 0 Å². The van der Waals surface area contributed by atoms with Gasteiger partial charge >= 0.3 is 0 Å². The Bertz CT molecular complexity index is 464. The third kappa shape index (κ3) is 1.83. The van der Waals surface area contributed by atoms with E-state index in [0.717, 1.165) is 10.4 Å². The van der Waals surface area contributed by atoms with Gasteiger partial charge in [0.05, 0.1) is 4.21 Å². The van der Waals surface area contributed by atoms with E-state index in [1.165, 1.54) is 19.9 Å². The number of hydrogen-bond donors (Lipinski definition) is 0. The zero-order valence-corrected chi connectivity index (χ0v) is 11.5. The highest BCUT2D eigenvalue weighted by molar-refractivity contribution is 9.08. The summed E-state index contributed by atoms with van der Waals surface area (Å²) in [4.78, 5) is 0. The van der Waals surface area contributed by atoms with Crippen molar-refractivity contribution in [2.45, 2.75) is 9.54 Å². The molecule has 0 N–H and O–H groups in total. The fourth-order valence-electron chi connectivity index (χ4n) is 1.39. The fraction of sp³-hybridized carbons (Fsp3) is 0.200. The van der Waals surface area contributed by atoms with Crippen molar-refractivity contribution < 1.29 is 0 Å². The molecule has 1 aromatic heterocycles. The summed E-state index contributed by atoms with van der Waals surface area (Å²) < 4.78 is 2.69. The molecule has 0 radical (unpaired) electrons. The molecule has 1 aromatic carbocycles. The Morgan fingerprint density at radius 3 is 2.93 bits per heavy atom. The first-order valence-electron chi connectivity index (χ1n) is 4.07. The van der Waals surface area contributed by atoms with Crippen LogP contribution in [0.5, 0.6) is 0 Å². The molecule has 2 rings (SSSR count). The molecule has 0 saturated heterocycles. The zero-order valence-electron chi connectivity index (χ0n) is 7.51. The van der Waals surface area contributed by atoms with Crippen LogP contribution in [0.2, 0.25) is 5.02 Å². The number of fused-ring (bicyclic) bond motifs is 1. The van der Waals surface area contributed by atoms with Gasteiger partial charge < -0.3 is 0 Å². The average Bonchev–Trinajstić information content (AvgIpc) is 2.54. The third-order valence-electron chi connectivity index (χ3n) is 2.03. The molecule has 2 aromatic rings. The maximum atomic E-state index is 5.98. The van der Waals surface area contributed by atoms with Crippen LogP contribution < -0.4 is 0 Å². The Hall–Kier alpha value is 0.300. The minimum Gasteiger partial charge on any atom is -0.129 e. The van der Waals surface area contributed by atoms with Gasteiger partial charge in [-0.15, -0.1) is 23.1 Å². The summed E-state index contributed by atoms with van der Waals surface area (Å²) in [6.45, 7) is 0. The van der Waals surface area contributed by atoms with E-state index in [1.54, 1.807) is 11.8 Å². The number of thiophene rings is 1. The van der Waals surface area contributed by atoms with Crippen LogP contribution in [0.3, 0.4) is 0 Å². The lowest BCUT2D eigenvalue weighted by atomic mass is 10.2. The van der Waals surface area contributed by atoms with Crippen molar-refractivity contribution in [3.05, 3.63) is 28.8 Å². The molecule has 0 fully saturated rings. The first-order valence-corrected chi connectivity index (χ1v) is 7.61. The minimum atomic E-state index is 0.810. The summed E-state index contributed by atoms with van der Waals surface area (Å²) in [5, 5.41) is 2.98. The predicted molar refractivity (Wildman–Crippen MR) is 71.2 cm³/mol. The van der Waals surface area contributed by atoms with E-state index < -0.39 is 0 Å².